The van der Waals surface area contributed by atoms with Gasteiger partial charge < -0.3 is 14.5 Å². The first-order valence-corrected chi connectivity index (χ1v) is 13.5. The summed E-state index contributed by atoms with van der Waals surface area (Å²) in [7, 11) is 1.72. The van der Waals surface area contributed by atoms with Gasteiger partial charge in [-0.3, -0.25) is 9.59 Å². The number of hydrogen-bond acceptors (Lipinski definition) is 4. The molecule has 1 atom stereocenters. The number of amides is 1. The van der Waals surface area contributed by atoms with Crippen LogP contribution < -0.4 is 4.90 Å². The lowest BCUT2D eigenvalue weighted by molar-refractivity contribution is -0.137. The molecule has 1 heterocycles. The van der Waals surface area contributed by atoms with Crippen molar-refractivity contribution in [3.63, 3.8) is 0 Å². The van der Waals surface area contributed by atoms with Crippen LogP contribution in [0.15, 0.2) is 22.7 Å². The number of carbonyl (C=O) groups excluding carboxylic acids is 1. The van der Waals surface area contributed by atoms with Crippen molar-refractivity contribution in [3.05, 3.63) is 45.8 Å². The lowest BCUT2D eigenvalue weighted by atomic mass is 9.66. The number of aryl methyl sites for hydroxylation is 1. The van der Waals surface area contributed by atoms with Crippen molar-refractivity contribution in [2.75, 3.05) is 11.9 Å². The topological polar surface area (TPSA) is 83.6 Å². The van der Waals surface area contributed by atoms with E-state index >= 15 is 0 Å². The third kappa shape index (κ3) is 6.31. The molecule has 0 unspecified atom stereocenters. The highest BCUT2D eigenvalue weighted by Gasteiger charge is 2.42. The van der Waals surface area contributed by atoms with Gasteiger partial charge in [0, 0.05) is 37.3 Å². The summed E-state index contributed by atoms with van der Waals surface area (Å²) < 4.78 is 5.98. The van der Waals surface area contributed by atoms with Gasteiger partial charge in [0.25, 0.3) is 0 Å². The third-order valence-electron chi connectivity index (χ3n) is 7.63. The number of anilines is 1. The van der Waals surface area contributed by atoms with Gasteiger partial charge in [-0.25, -0.2) is 0 Å². The zero-order chi connectivity index (χ0) is 26.2. The van der Waals surface area contributed by atoms with E-state index in [0.29, 0.717) is 40.3 Å². The molecule has 36 heavy (non-hydrogen) atoms. The minimum Gasteiger partial charge on any atom is -0.481 e. The van der Waals surface area contributed by atoms with E-state index in [-0.39, 0.29) is 24.7 Å². The van der Waals surface area contributed by atoms with Gasteiger partial charge in [-0.15, -0.1) is 0 Å². The van der Waals surface area contributed by atoms with Crippen LogP contribution in [0.25, 0.3) is 0 Å². The molecule has 6 nitrogen and oxygen atoms in total. The summed E-state index contributed by atoms with van der Waals surface area (Å²) in [4.78, 5) is 26.4. The Kier molecular flexibility index (Phi) is 7.84. The monoisotopic (exact) mass is 514 g/mol. The van der Waals surface area contributed by atoms with Crippen molar-refractivity contribution in [3.8, 4) is 0 Å². The molecule has 1 aromatic carbocycles. The van der Waals surface area contributed by atoms with Crippen molar-refractivity contribution in [1.82, 2.24) is 5.16 Å². The Labute approximate surface area is 219 Å². The van der Waals surface area contributed by atoms with Crippen molar-refractivity contribution < 1.29 is 19.2 Å². The summed E-state index contributed by atoms with van der Waals surface area (Å²) in [5, 5.41) is 14.4. The summed E-state index contributed by atoms with van der Waals surface area (Å²) in [5.41, 5.74) is 3.94. The first-order valence-electron chi connectivity index (χ1n) is 13.2. The van der Waals surface area contributed by atoms with Crippen LogP contribution in [0.3, 0.4) is 0 Å². The Morgan fingerprint density at radius 2 is 1.92 bits per heavy atom. The van der Waals surface area contributed by atoms with E-state index in [2.05, 4.69) is 25.9 Å². The maximum atomic E-state index is 13.4. The van der Waals surface area contributed by atoms with E-state index in [1.807, 2.05) is 25.1 Å². The largest absolute Gasteiger partial charge is 0.481 e. The van der Waals surface area contributed by atoms with Gasteiger partial charge in [0.05, 0.1) is 16.4 Å². The second-order valence-corrected chi connectivity index (χ2v) is 12.6. The Hall–Kier alpha value is -2.34. The second kappa shape index (κ2) is 10.6. The molecule has 4 rings (SSSR count). The van der Waals surface area contributed by atoms with Crippen molar-refractivity contribution in [2.45, 2.75) is 96.8 Å². The fraction of sp³-hybridized carbons (Fsp3) is 0.621. The highest BCUT2D eigenvalue weighted by Crippen LogP contribution is 2.53. The first-order chi connectivity index (χ1) is 16.9. The number of rotatable bonds is 10. The molecular weight excluding hydrogens is 476 g/mol. The average Bonchev–Trinajstić information content (AvgIpc) is 3.50. The van der Waals surface area contributed by atoms with E-state index < -0.39 is 5.97 Å². The molecule has 2 aromatic rings. The summed E-state index contributed by atoms with van der Waals surface area (Å²) >= 11 is 6.41. The van der Waals surface area contributed by atoms with Crippen molar-refractivity contribution >= 4 is 29.2 Å². The molecule has 0 spiro atoms. The third-order valence-corrected chi connectivity index (χ3v) is 7.93. The van der Waals surface area contributed by atoms with Gasteiger partial charge in [-0.2, -0.15) is 0 Å². The number of aromatic nitrogens is 1. The Bertz CT molecular complexity index is 1110. The maximum Gasteiger partial charge on any atom is 0.303 e. The van der Waals surface area contributed by atoms with Crippen LogP contribution in [-0.4, -0.2) is 29.2 Å². The van der Waals surface area contributed by atoms with Crippen LogP contribution in [0.4, 0.5) is 5.69 Å². The first kappa shape index (κ1) is 26.7. The molecule has 1 N–H and O–H groups in total. The van der Waals surface area contributed by atoms with Crippen LogP contribution in [0.2, 0.25) is 5.02 Å². The molecular formula is C29H39ClN2O4. The molecule has 1 aromatic heterocycles. The van der Waals surface area contributed by atoms with E-state index in [9.17, 15) is 14.7 Å². The fourth-order valence-electron chi connectivity index (χ4n) is 5.68. The van der Waals surface area contributed by atoms with Gasteiger partial charge in [-0.1, -0.05) is 43.6 Å². The number of benzene rings is 1. The lowest BCUT2D eigenvalue weighted by Crippen LogP contribution is -2.28. The van der Waals surface area contributed by atoms with E-state index in [1.165, 1.54) is 6.42 Å². The molecule has 2 fully saturated rings. The van der Waals surface area contributed by atoms with Crippen molar-refractivity contribution in [1.29, 1.82) is 0 Å². The number of hydrogen-bond donors (Lipinski definition) is 1. The van der Waals surface area contributed by atoms with Crippen LogP contribution >= 0.6 is 11.6 Å². The minimum absolute atomic E-state index is 0.0175. The van der Waals surface area contributed by atoms with Crippen molar-refractivity contribution in [2.24, 2.45) is 11.3 Å². The Balaban J connectivity index is 1.55. The van der Waals surface area contributed by atoms with Gasteiger partial charge in [0.2, 0.25) is 5.91 Å². The Morgan fingerprint density at radius 1 is 1.22 bits per heavy atom. The standard InChI is InChI=1S/C29H39ClN2O4/c1-17-6-10-23(22(30)12-17)32(5)24(33)15-20(9-11-25(34)35)27-26(19-7-8-19)28(36-31-27)21-13-18(14-21)16-29(2,3)4/h6,10,12,18-21H,7-9,11,13-16H2,1-5H3,(H,34,35)/t18-,20-,21+/m1/s1. The summed E-state index contributed by atoms with van der Waals surface area (Å²) in [5.74, 6) is 1.18. The molecule has 2 aliphatic rings. The number of carboxylic acids is 1. The molecule has 0 aliphatic heterocycles. The fourth-order valence-corrected chi connectivity index (χ4v) is 6.04. The molecule has 0 saturated heterocycles. The van der Waals surface area contributed by atoms with Crippen LogP contribution in [0, 0.1) is 18.3 Å². The van der Waals surface area contributed by atoms with Crippen LogP contribution in [-0.2, 0) is 9.59 Å². The molecule has 1 amide bonds. The van der Waals surface area contributed by atoms with E-state index in [0.717, 1.165) is 48.3 Å². The molecule has 0 bridgehead atoms. The van der Waals surface area contributed by atoms with E-state index in [1.54, 1.807) is 11.9 Å². The lowest BCUT2D eigenvalue weighted by Gasteiger charge is -2.38. The second-order valence-electron chi connectivity index (χ2n) is 12.2. The smallest absolute Gasteiger partial charge is 0.303 e. The summed E-state index contributed by atoms with van der Waals surface area (Å²) in [6.07, 6.45) is 6.10. The van der Waals surface area contributed by atoms with E-state index in [4.69, 9.17) is 16.1 Å². The molecule has 2 aliphatic carbocycles. The quantitative estimate of drug-likeness (QED) is 0.356. The number of carbonyl (C=O) groups is 2. The van der Waals surface area contributed by atoms with Gasteiger partial charge in [0.15, 0.2) is 0 Å². The predicted octanol–water partition coefficient (Wildman–Crippen LogP) is 7.45. The highest BCUT2D eigenvalue weighted by atomic mass is 35.5. The van der Waals surface area contributed by atoms with Crippen LogP contribution in [0.5, 0.6) is 0 Å². The normalized spacial score (nSPS) is 20.6. The number of aliphatic carboxylic acids is 1. The Morgan fingerprint density at radius 3 is 2.50 bits per heavy atom. The zero-order valence-electron chi connectivity index (χ0n) is 22.1. The van der Waals surface area contributed by atoms with Crippen LogP contribution in [0.1, 0.15) is 112 Å². The van der Waals surface area contributed by atoms with Gasteiger partial charge in [0.1, 0.15) is 5.76 Å². The molecule has 2 saturated carbocycles. The molecule has 0 radical (unpaired) electrons. The number of halogens is 1. The minimum atomic E-state index is -0.872. The summed E-state index contributed by atoms with van der Waals surface area (Å²) in [6.45, 7) is 8.81. The maximum absolute atomic E-state index is 13.4. The van der Waals surface area contributed by atoms with Gasteiger partial charge >= 0.3 is 5.97 Å². The zero-order valence-corrected chi connectivity index (χ0v) is 22.9. The SMILES string of the molecule is Cc1ccc(N(C)C(=O)C[C@@H](CCC(=O)O)c2noc([C@H]3C[C@@H](CC(C)(C)C)C3)c2C2CC2)c(Cl)c1. The number of carboxylic acid groups (broad SMARTS) is 1. The predicted molar refractivity (Wildman–Crippen MR) is 142 cm³/mol. The van der Waals surface area contributed by atoms with Gasteiger partial charge in [-0.05, 0) is 80.4 Å². The number of nitrogens with zero attached hydrogens (tertiary/aromatic N) is 2. The summed E-state index contributed by atoms with van der Waals surface area (Å²) in [6, 6.07) is 5.60. The average molecular weight is 515 g/mol. The molecule has 7 heteroatoms. The molecule has 196 valence electrons. The highest BCUT2D eigenvalue weighted by molar-refractivity contribution is 6.33.